The summed E-state index contributed by atoms with van der Waals surface area (Å²) >= 11 is 3.27. The lowest BCUT2D eigenvalue weighted by molar-refractivity contribution is -0.131. The first kappa shape index (κ1) is 15.4. The molecule has 0 aliphatic heterocycles. The quantitative estimate of drug-likeness (QED) is 0.281. The van der Waals surface area contributed by atoms with E-state index in [9.17, 15) is 4.79 Å². The van der Waals surface area contributed by atoms with Gasteiger partial charge in [-0.15, -0.1) is 0 Å². The zero-order valence-corrected chi connectivity index (χ0v) is 11.7. The minimum atomic E-state index is -1.08. The number of halogens is 1. The first-order chi connectivity index (χ1) is 9.43. The summed E-state index contributed by atoms with van der Waals surface area (Å²) in [6, 6.07) is 6.72. The van der Waals surface area contributed by atoms with Crippen molar-refractivity contribution in [3.05, 3.63) is 34.3 Å². The number of carboxylic acids is 1. The van der Waals surface area contributed by atoms with Crippen molar-refractivity contribution in [1.29, 1.82) is 10.7 Å². The van der Waals surface area contributed by atoms with Crippen LogP contribution >= 0.6 is 15.9 Å². The van der Waals surface area contributed by atoms with Crippen molar-refractivity contribution < 1.29 is 9.90 Å². The number of nitrogens with zero attached hydrogens (tertiary/aromatic N) is 2. The molecule has 0 saturated heterocycles. The zero-order chi connectivity index (χ0) is 15.1. The highest BCUT2D eigenvalue weighted by Gasteiger charge is 2.04. The van der Waals surface area contributed by atoms with Crippen LogP contribution in [0.1, 0.15) is 5.56 Å². The van der Waals surface area contributed by atoms with E-state index in [0.717, 1.165) is 10.5 Å². The third kappa shape index (κ3) is 4.55. The van der Waals surface area contributed by atoms with E-state index in [2.05, 4.69) is 26.5 Å². The SMILES string of the molecule is N#C/C(=N\Nc1cc(Br)ccc1C=CC(=O)O)C(=N)N. The van der Waals surface area contributed by atoms with Crippen molar-refractivity contribution >= 4 is 45.2 Å². The fraction of sp³-hybridized carbons (Fsp3) is 0. The van der Waals surface area contributed by atoms with Gasteiger partial charge in [0, 0.05) is 10.5 Å². The number of hydrogen-bond donors (Lipinski definition) is 4. The summed E-state index contributed by atoms with van der Waals surface area (Å²) in [5.74, 6) is -1.54. The summed E-state index contributed by atoms with van der Waals surface area (Å²) in [6.45, 7) is 0. The maximum Gasteiger partial charge on any atom is 0.328 e. The molecule has 1 aromatic rings. The number of rotatable bonds is 5. The summed E-state index contributed by atoms with van der Waals surface area (Å²) in [7, 11) is 0. The van der Waals surface area contributed by atoms with E-state index in [-0.39, 0.29) is 5.71 Å². The van der Waals surface area contributed by atoms with Crippen LogP contribution in [0.2, 0.25) is 0 Å². The van der Waals surface area contributed by atoms with Gasteiger partial charge in [0.05, 0.1) is 5.69 Å². The van der Waals surface area contributed by atoms with Crippen LogP contribution in [0.15, 0.2) is 33.8 Å². The Balaban J connectivity index is 3.11. The lowest BCUT2D eigenvalue weighted by Crippen LogP contribution is -2.21. The number of aliphatic carboxylic acids is 1. The molecule has 0 amide bonds. The molecule has 0 saturated carbocycles. The molecule has 0 aromatic heterocycles. The smallest absolute Gasteiger partial charge is 0.328 e. The van der Waals surface area contributed by atoms with E-state index >= 15 is 0 Å². The van der Waals surface area contributed by atoms with E-state index in [0.29, 0.717) is 11.3 Å². The number of carboxylic acid groups (broad SMARTS) is 1. The molecule has 8 heteroatoms. The fourth-order valence-electron chi connectivity index (χ4n) is 1.19. The minimum Gasteiger partial charge on any atom is -0.478 e. The first-order valence-electron chi connectivity index (χ1n) is 5.22. The molecule has 7 nitrogen and oxygen atoms in total. The lowest BCUT2D eigenvalue weighted by Gasteiger charge is -2.06. The number of amidine groups is 1. The molecule has 0 bridgehead atoms. The number of nitriles is 1. The Hall–Kier alpha value is -2.66. The van der Waals surface area contributed by atoms with Gasteiger partial charge >= 0.3 is 5.97 Å². The minimum absolute atomic E-state index is 0.266. The van der Waals surface area contributed by atoms with Crippen LogP contribution in [0.25, 0.3) is 6.08 Å². The molecule has 0 heterocycles. The van der Waals surface area contributed by atoms with Crippen LogP contribution in [0.4, 0.5) is 5.69 Å². The third-order valence-corrected chi connectivity index (χ3v) is 2.56. The van der Waals surface area contributed by atoms with Gasteiger partial charge in [0.2, 0.25) is 5.71 Å². The monoisotopic (exact) mass is 335 g/mol. The van der Waals surface area contributed by atoms with Gasteiger partial charge in [0.25, 0.3) is 0 Å². The van der Waals surface area contributed by atoms with Gasteiger partial charge in [-0.2, -0.15) is 10.4 Å². The molecule has 0 aliphatic rings. The van der Waals surface area contributed by atoms with Crippen LogP contribution in [0, 0.1) is 16.7 Å². The van der Waals surface area contributed by atoms with Crippen molar-refractivity contribution in [2.45, 2.75) is 0 Å². The first-order valence-corrected chi connectivity index (χ1v) is 6.02. The highest BCUT2D eigenvalue weighted by atomic mass is 79.9. The van der Waals surface area contributed by atoms with E-state index < -0.39 is 11.8 Å². The van der Waals surface area contributed by atoms with Gasteiger partial charge in [-0.1, -0.05) is 22.0 Å². The van der Waals surface area contributed by atoms with Crippen LogP contribution in [-0.4, -0.2) is 22.6 Å². The Bertz CT molecular complexity index is 646. The van der Waals surface area contributed by atoms with Gasteiger partial charge in [0.15, 0.2) is 5.84 Å². The second-order valence-electron chi connectivity index (χ2n) is 3.50. The predicted molar refractivity (Wildman–Crippen MR) is 79.4 cm³/mol. The molecule has 1 rings (SSSR count). The van der Waals surface area contributed by atoms with Crippen LogP contribution < -0.4 is 11.2 Å². The number of carbonyl (C=O) groups is 1. The maximum atomic E-state index is 10.5. The largest absolute Gasteiger partial charge is 0.478 e. The molecule has 0 radical (unpaired) electrons. The molecule has 102 valence electrons. The summed E-state index contributed by atoms with van der Waals surface area (Å²) in [5, 5.41) is 28.2. The molecule has 0 fully saturated rings. The average molecular weight is 336 g/mol. The van der Waals surface area contributed by atoms with Crippen LogP contribution in [0.5, 0.6) is 0 Å². The van der Waals surface area contributed by atoms with Crippen LogP contribution in [-0.2, 0) is 4.79 Å². The number of anilines is 1. The number of hydrazone groups is 1. The summed E-state index contributed by atoms with van der Waals surface area (Å²) in [5.41, 5.74) is 8.50. The van der Waals surface area contributed by atoms with Gasteiger partial charge in [-0.3, -0.25) is 10.8 Å². The summed E-state index contributed by atoms with van der Waals surface area (Å²) in [6.07, 6.45) is 2.36. The molecule has 1 aromatic carbocycles. The molecule has 0 aliphatic carbocycles. The van der Waals surface area contributed by atoms with Crippen molar-refractivity contribution in [2.75, 3.05) is 5.43 Å². The number of benzene rings is 1. The maximum absolute atomic E-state index is 10.5. The topological polar surface area (TPSA) is 135 Å². The zero-order valence-electron chi connectivity index (χ0n) is 10.1. The average Bonchev–Trinajstić information content (AvgIpc) is 2.37. The Kier molecular flexibility index (Phi) is 5.43. The van der Waals surface area contributed by atoms with Gasteiger partial charge in [-0.05, 0) is 23.8 Å². The van der Waals surface area contributed by atoms with E-state index in [4.69, 9.17) is 21.5 Å². The lowest BCUT2D eigenvalue weighted by atomic mass is 10.1. The highest BCUT2D eigenvalue weighted by Crippen LogP contribution is 2.22. The number of nitrogens with two attached hydrogens (primary N) is 1. The Morgan fingerprint density at radius 3 is 2.85 bits per heavy atom. The van der Waals surface area contributed by atoms with Gasteiger partial charge in [-0.25, -0.2) is 4.79 Å². The second-order valence-corrected chi connectivity index (χ2v) is 4.42. The summed E-state index contributed by atoms with van der Waals surface area (Å²) < 4.78 is 0.740. The number of nitrogens with one attached hydrogen (secondary N) is 2. The van der Waals surface area contributed by atoms with E-state index in [1.165, 1.54) is 6.08 Å². The van der Waals surface area contributed by atoms with Crippen molar-refractivity contribution in [1.82, 2.24) is 0 Å². The molecule has 0 spiro atoms. The number of hydrogen-bond acceptors (Lipinski definition) is 5. The molecule has 5 N–H and O–H groups in total. The Morgan fingerprint density at radius 1 is 1.60 bits per heavy atom. The van der Waals surface area contributed by atoms with E-state index in [1.807, 2.05) is 0 Å². The summed E-state index contributed by atoms with van der Waals surface area (Å²) in [4.78, 5) is 10.5. The van der Waals surface area contributed by atoms with Crippen molar-refractivity contribution in [3.63, 3.8) is 0 Å². The molecule has 0 atom stereocenters. The third-order valence-electron chi connectivity index (χ3n) is 2.07. The molecule has 0 unspecified atom stereocenters. The highest BCUT2D eigenvalue weighted by molar-refractivity contribution is 9.10. The standard InChI is InChI=1S/C12H10BrN5O2/c13-8-3-1-7(2-4-11(19)20)9(5-8)17-18-10(6-14)12(15)16/h1-5,17H,(H3,15,16)(H,19,20)/b4-2?,18-10+. The normalized spacial score (nSPS) is 11.1. The van der Waals surface area contributed by atoms with Crippen molar-refractivity contribution in [2.24, 2.45) is 10.8 Å². The Labute approximate surface area is 123 Å². The molecular weight excluding hydrogens is 326 g/mol. The van der Waals surface area contributed by atoms with Crippen LogP contribution in [0.3, 0.4) is 0 Å². The second kappa shape index (κ2) is 7.06. The fourth-order valence-corrected chi connectivity index (χ4v) is 1.55. The van der Waals surface area contributed by atoms with Gasteiger partial charge < -0.3 is 10.8 Å². The molecule has 20 heavy (non-hydrogen) atoms. The predicted octanol–water partition coefficient (Wildman–Crippen LogP) is 1.77. The van der Waals surface area contributed by atoms with E-state index in [1.54, 1.807) is 24.3 Å². The van der Waals surface area contributed by atoms with Crippen molar-refractivity contribution in [3.8, 4) is 6.07 Å². The van der Waals surface area contributed by atoms with Gasteiger partial charge in [0.1, 0.15) is 6.07 Å². The molecular formula is C12H10BrN5O2. The Morgan fingerprint density at radius 2 is 2.30 bits per heavy atom.